The van der Waals surface area contributed by atoms with Crippen LogP contribution in [0.15, 0.2) is 36.4 Å². The lowest BCUT2D eigenvalue weighted by Crippen LogP contribution is -2.14. The number of benzene rings is 1. The van der Waals surface area contributed by atoms with E-state index in [9.17, 15) is 4.39 Å². The molecule has 0 radical (unpaired) electrons. The van der Waals surface area contributed by atoms with Crippen LogP contribution in [0, 0.1) is 17.7 Å². The topological polar surface area (TPSA) is 9.23 Å². The Bertz CT molecular complexity index is 622. The Morgan fingerprint density at radius 1 is 0.919 bits per heavy atom. The van der Waals surface area contributed by atoms with Gasteiger partial charge in [0.15, 0.2) is 0 Å². The lowest BCUT2D eigenvalue weighted by Gasteiger charge is -2.19. The first kappa shape index (κ1) is 42.7. The van der Waals surface area contributed by atoms with Gasteiger partial charge in [-0.15, -0.1) is 0 Å². The van der Waals surface area contributed by atoms with Gasteiger partial charge in [-0.25, -0.2) is 4.39 Å². The lowest BCUT2D eigenvalue weighted by molar-refractivity contribution is 0.0654. The second-order valence-corrected chi connectivity index (χ2v) is 8.57. The SMILES string of the molecule is C=C(/C=C(/C)CC)c1ccc(CCC)c(F)c1.CC.CC.CC.CC.CC1CC1.CCC1CCOCC1. The van der Waals surface area contributed by atoms with Crippen LogP contribution in [0.4, 0.5) is 4.39 Å². The first-order chi connectivity index (χ1) is 17.9. The van der Waals surface area contributed by atoms with Gasteiger partial charge in [0.2, 0.25) is 0 Å². The van der Waals surface area contributed by atoms with E-state index in [2.05, 4.69) is 41.2 Å². The molecule has 1 heterocycles. The van der Waals surface area contributed by atoms with Gasteiger partial charge in [-0.1, -0.05) is 139 Å². The highest BCUT2D eigenvalue weighted by Crippen LogP contribution is 2.26. The van der Waals surface area contributed by atoms with Crippen LogP contribution in [-0.2, 0) is 11.2 Å². The van der Waals surface area contributed by atoms with E-state index in [0.717, 1.165) is 61.0 Å². The average Bonchev–Trinajstić information content (AvgIpc) is 3.77. The molecule has 0 unspecified atom stereocenters. The molecule has 1 aliphatic heterocycles. The Labute approximate surface area is 234 Å². The Balaban J connectivity index is -0.000000225. The maximum Gasteiger partial charge on any atom is 0.127 e. The van der Waals surface area contributed by atoms with Crippen molar-refractivity contribution in [3.63, 3.8) is 0 Å². The predicted molar refractivity (Wildman–Crippen MR) is 171 cm³/mol. The van der Waals surface area contributed by atoms with Crippen LogP contribution in [0.2, 0.25) is 0 Å². The fourth-order valence-corrected chi connectivity index (χ4v) is 3.02. The van der Waals surface area contributed by atoms with Gasteiger partial charge in [-0.3, -0.25) is 0 Å². The highest BCUT2D eigenvalue weighted by atomic mass is 19.1. The smallest absolute Gasteiger partial charge is 0.127 e. The van der Waals surface area contributed by atoms with Gasteiger partial charge in [0.25, 0.3) is 0 Å². The van der Waals surface area contributed by atoms with E-state index < -0.39 is 0 Å². The monoisotopic (exact) mass is 523 g/mol. The van der Waals surface area contributed by atoms with E-state index in [1.54, 1.807) is 6.07 Å². The second-order valence-electron chi connectivity index (χ2n) is 8.57. The van der Waals surface area contributed by atoms with Crippen molar-refractivity contribution in [3.05, 3.63) is 53.4 Å². The number of ether oxygens (including phenoxy) is 1. The van der Waals surface area contributed by atoms with Crippen LogP contribution >= 0.6 is 0 Å². The molecule has 1 aliphatic carbocycles. The third kappa shape index (κ3) is 26.0. The molecule has 0 amide bonds. The summed E-state index contributed by atoms with van der Waals surface area (Å²) >= 11 is 0. The maximum absolute atomic E-state index is 13.8. The molecule has 37 heavy (non-hydrogen) atoms. The fourth-order valence-electron chi connectivity index (χ4n) is 3.02. The fraction of sp³-hybridized carbons (Fsp3) is 0.714. The van der Waals surface area contributed by atoms with Crippen molar-refractivity contribution < 1.29 is 9.13 Å². The number of hydrogen-bond donors (Lipinski definition) is 0. The van der Waals surface area contributed by atoms with Gasteiger partial charge >= 0.3 is 0 Å². The molecule has 1 aromatic carbocycles. The standard InChI is InChI=1S/C16H21F.C7H14O.C4H8.4C2H6/c1-5-7-14-8-9-15(11-16(14)17)13(4)10-12(3)6-2;1-2-7-3-5-8-6-4-7;1-4-2-3-4;4*1-2/h8-11H,4-7H2,1-3H3;7H,2-6H2,1H3;4H,2-3H2,1H3;4*1-2H3/b12-10-;;;;;;. The second kappa shape index (κ2) is 32.6. The number of hydrogen-bond acceptors (Lipinski definition) is 1. The minimum atomic E-state index is -0.118. The number of rotatable bonds is 6. The van der Waals surface area contributed by atoms with Crippen molar-refractivity contribution in [1.29, 1.82) is 0 Å². The van der Waals surface area contributed by atoms with Gasteiger partial charge in [0.05, 0.1) is 0 Å². The summed E-state index contributed by atoms with van der Waals surface area (Å²) in [5.74, 6) is 1.93. The Morgan fingerprint density at radius 2 is 1.41 bits per heavy atom. The minimum Gasteiger partial charge on any atom is -0.381 e. The summed E-state index contributed by atoms with van der Waals surface area (Å²) in [7, 11) is 0. The highest BCUT2D eigenvalue weighted by molar-refractivity contribution is 5.72. The quantitative estimate of drug-likeness (QED) is 0.337. The molecule has 2 heteroatoms. The third-order valence-electron chi connectivity index (χ3n) is 5.71. The van der Waals surface area contributed by atoms with Gasteiger partial charge in [0.1, 0.15) is 5.82 Å². The largest absolute Gasteiger partial charge is 0.381 e. The number of aryl methyl sites for hydroxylation is 1. The summed E-state index contributed by atoms with van der Waals surface area (Å²) < 4.78 is 19.0. The molecular weight excluding hydrogens is 455 g/mol. The van der Waals surface area contributed by atoms with Crippen molar-refractivity contribution in [2.45, 2.75) is 141 Å². The summed E-state index contributed by atoms with van der Waals surface area (Å²) in [4.78, 5) is 0. The molecule has 0 spiro atoms. The molecule has 0 bridgehead atoms. The summed E-state index contributed by atoms with van der Waals surface area (Å²) in [6, 6.07) is 5.41. The Hall–Kier alpha value is -1.41. The first-order valence-corrected chi connectivity index (χ1v) is 15.6. The average molecular weight is 523 g/mol. The summed E-state index contributed by atoms with van der Waals surface area (Å²) in [5, 5.41) is 0. The van der Waals surface area contributed by atoms with Gasteiger partial charge in [-0.2, -0.15) is 0 Å². The van der Waals surface area contributed by atoms with Crippen molar-refractivity contribution >= 4 is 5.57 Å². The number of halogens is 1. The molecule has 3 rings (SSSR count). The molecule has 220 valence electrons. The van der Waals surface area contributed by atoms with Crippen molar-refractivity contribution in [1.82, 2.24) is 0 Å². The summed E-state index contributed by atoms with van der Waals surface area (Å²) in [5.41, 5.74) is 3.80. The minimum absolute atomic E-state index is 0.118. The normalized spacial score (nSPS) is 13.9. The van der Waals surface area contributed by atoms with Crippen molar-refractivity contribution in [2.75, 3.05) is 13.2 Å². The number of allylic oxidation sites excluding steroid dienone is 3. The molecule has 1 aromatic rings. The van der Waals surface area contributed by atoms with Crippen LogP contribution < -0.4 is 0 Å². The van der Waals surface area contributed by atoms with E-state index in [1.807, 2.05) is 73.6 Å². The molecule has 2 fully saturated rings. The van der Waals surface area contributed by atoms with Crippen LogP contribution in [-0.4, -0.2) is 13.2 Å². The Morgan fingerprint density at radius 3 is 1.73 bits per heavy atom. The van der Waals surface area contributed by atoms with Gasteiger partial charge in [-0.05, 0) is 67.2 Å². The summed E-state index contributed by atoms with van der Waals surface area (Å²) in [6.45, 7) is 32.7. The lowest BCUT2D eigenvalue weighted by atomic mass is 9.98. The first-order valence-electron chi connectivity index (χ1n) is 15.6. The zero-order valence-electron chi connectivity index (χ0n) is 27.5. The molecule has 0 atom stereocenters. The van der Waals surface area contributed by atoms with Crippen LogP contribution in [0.25, 0.3) is 5.57 Å². The molecule has 2 aliphatic rings. The van der Waals surface area contributed by atoms with Crippen LogP contribution in [0.3, 0.4) is 0 Å². The molecule has 1 saturated carbocycles. The van der Waals surface area contributed by atoms with E-state index in [4.69, 9.17) is 4.74 Å². The third-order valence-corrected chi connectivity index (χ3v) is 5.71. The van der Waals surface area contributed by atoms with Gasteiger partial charge < -0.3 is 4.74 Å². The van der Waals surface area contributed by atoms with Crippen LogP contribution in [0.5, 0.6) is 0 Å². The highest BCUT2D eigenvalue weighted by Gasteiger charge is 2.12. The Kier molecular flexibility index (Phi) is 37.6. The summed E-state index contributed by atoms with van der Waals surface area (Å²) in [6.07, 6.45) is 11.7. The van der Waals surface area contributed by atoms with E-state index in [1.165, 1.54) is 37.7 Å². The van der Waals surface area contributed by atoms with Gasteiger partial charge in [0, 0.05) is 13.2 Å². The van der Waals surface area contributed by atoms with Crippen molar-refractivity contribution in [3.8, 4) is 0 Å². The molecule has 0 aromatic heterocycles. The maximum atomic E-state index is 13.8. The molecule has 0 N–H and O–H groups in total. The van der Waals surface area contributed by atoms with Crippen molar-refractivity contribution in [2.24, 2.45) is 11.8 Å². The van der Waals surface area contributed by atoms with E-state index in [-0.39, 0.29) is 5.82 Å². The zero-order chi connectivity index (χ0) is 29.6. The van der Waals surface area contributed by atoms with E-state index in [0.29, 0.717) is 0 Å². The molecule has 1 nitrogen and oxygen atoms in total. The zero-order valence-corrected chi connectivity index (χ0v) is 27.5. The molecule has 1 saturated heterocycles. The predicted octanol–water partition coefficient (Wildman–Crippen LogP) is 12.5. The van der Waals surface area contributed by atoms with E-state index >= 15 is 0 Å². The molecular formula is C35H67FO. The van der Waals surface area contributed by atoms with Crippen LogP contribution in [0.1, 0.15) is 146 Å².